The number of hydrogen-bond acceptors (Lipinski definition) is 7. The minimum atomic E-state index is -0.882. The summed E-state index contributed by atoms with van der Waals surface area (Å²) in [7, 11) is 3.17. The van der Waals surface area contributed by atoms with Gasteiger partial charge in [-0.25, -0.2) is 4.79 Å². The molecule has 214 valence electrons. The van der Waals surface area contributed by atoms with Crippen molar-refractivity contribution in [3.8, 4) is 17.2 Å². The lowest BCUT2D eigenvalue weighted by Crippen LogP contribution is -2.43. The Labute approximate surface area is 234 Å². The zero-order valence-corrected chi connectivity index (χ0v) is 23.3. The van der Waals surface area contributed by atoms with E-state index in [2.05, 4.69) is 16.0 Å². The summed E-state index contributed by atoms with van der Waals surface area (Å²) in [5.74, 6) is 1.08. The molecule has 10 nitrogen and oxygen atoms in total. The van der Waals surface area contributed by atoms with Crippen molar-refractivity contribution in [2.75, 3.05) is 26.1 Å². The van der Waals surface area contributed by atoms with E-state index in [-0.39, 0.29) is 35.8 Å². The Balaban J connectivity index is 1.55. The Morgan fingerprint density at radius 2 is 1.62 bits per heavy atom. The van der Waals surface area contributed by atoms with Crippen molar-refractivity contribution < 1.29 is 29.3 Å². The maximum absolute atomic E-state index is 12.6. The lowest BCUT2D eigenvalue weighted by Gasteiger charge is -2.28. The number of anilines is 1. The number of nitrogens with two attached hydrogens (primary N) is 1. The number of rotatable bonds is 13. The van der Waals surface area contributed by atoms with Crippen molar-refractivity contribution in [2.45, 2.75) is 44.9 Å². The molecule has 0 aliphatic carbocycles. The number of β-amino-alcohol motifs (C(OH)–C–C–N with tert-alkyl or cyclic N) is 1. The highest BCUT2D eigenvalue weighted by atomic mass is 16.5. The minimum Gasteiger partial charge on any atom is -0.506 e. The van der Waals surface area contributed by atoms with Gasteiger partial charge in [0.2, 0.25) is 5.91 Å². The third-order valence-corrected chi connectivity index (χ3v) is 6.34. The standard InChI is InChI=1S/C30H38N4O6/c1-30(2,33-18-27(36)22-8-9-26(35)25(14-22)34-29(31)38)16-20-7-5-6-19(10-20)13-28(37)32-17-21-11-23(39-3)15-24(12-21)40-4/h5-12,14-15,27,33,35-36H,13,16-18H2,1-4H3,(H,32,37)(H3,31,34,38). The first-order valence-electron chi connectivity index (χ1n) is 12.9. The number of aliphatic hydroxyl groups excluding tert-OH is 1. The van der Waals surface area contributed by atoms with Crippen LogP contribution in [0, 0.1) is 0 Å². The summed E-state index contributed by atoms with van der Waals surface area (Å²) in [4.78, 5) is 23.8. The molecule has 1 unspecified atom stereocenters. The number of urea groups is 1. The van der Waals surface area contributed by atoms with Gasteiger partial charge in [-0.3, -0.25) is 4.79 Å². The van der Waals surface area contributed by atoms with Crippen molar-refractivity contribution in [3.05, 3.63) is 82.9 Å². The number of methoxy groups -OCH3 is 2. The van der Waals surface area contributed by atoms with Crippen LogP contribution in [0.5, 0.6) is 17.2 Å². The normalized spacial score (nSPS) is 11.9. The lowest BCUT2D eigenvalue weighted by molar-refractivity contribution is -0.120. The molecule has 0 saturated carbocycles. The Morgan fingerprint density at radius 1 is 0.950 bits per heavy atom. The summed E-state index contributed by atoms with van der Waals surface area (Å²) < 4.78 is 10.6. The number of benzene rings is 3. The maximum atomic E-state index is 12.6. The van der Waals surface area contributed by atoms with Gasteiger partial charge in [-0.05, 0) is 66.8 Å². The molecule has 0 heterocycles. The largest absolute Gasteiger partial charge is 0.506 e. The van der Waals surface area contributed by atoms with Crippen molar-refractivity contribution in [3.63, 3.8) is 0 Å². The van der Waals surface area contributed by atoms with E-state index in [0.717, 1.165) is 16.7 Å². The van der Waals surface area contributed by atoms with Crippen LogP contribution in [0.3, 0.4) is 0 Å². The number of phenolic OH excluding ortho intramolecular Hbond substituents is 1. The van der Waals surface area contributed by atoms with Gasteiger partial charge >= 0.3 is 6.03 Å². The summed E-state index contributed by atoms with van der Waals surface area (Å²) in [5.41, 5.74) is 8.23. The molecule has 0 fully saturated rings. The van der Waals surface area contributed by atoms with Crippen LogP contribution in [-0.2, 0) is 24.2 Å². The van der Waals surface area contributed by atoms with Crippen LogP contribution in [0.25, 0.3) is 0 Å². The monoisotopic (exact) mass is 550 g/mol. The van der Waals surface area contributed by atoms with Crippen molar-refractivity contribution in [1.29, 1.82) is 0 Å². The SMILES string of the molecule is COc1cc(CNC(=O)Cc2cccc(CC(C)(C)NCC(O)c3ccc(O)c(NC(N)=O)c3)c2)cc(OC)c1. The summed E-state index contributed by atoms with van der Waals surface area (Å²) in [6.07, 6.45) is 0.0141. The van der Waals surface area contributed by atoms with Gasteiger partial charge in [0, 0.05) is 24.7 Å². The van der Waals surface area contributed by atoms with E-state index in [9.17, 15) is 19.8 Å². The number of nitrogens with one attached hydrogen (secondary N) is 3. The molecule has 0 spiro atoms. The van der Waals surface area contributed by atoms with E-state index >= 15 is 0 Å². The Hall–Kier alpha value is -4.28. The van der Waals surface area contributed by atoms with Gasteiger partial charge in [0.05, 0.1) is 32.4 Å². The second-order valence-electron chi connectivity index (χ2n) is 10.2. The molecule has 7 N–H and O–H groups in total. The van der Waals surface area contributed by atoms with E-state index in [1.807, 2.05) is 50.2 Å². The number of primary amides is 1. The van der Waals surface area contributed by atoms with Crippen LogP contribution in [0.2, 0.25) is 0 Å². The van der Waals surface area contributed by atoms with Gasteiger partial charge in [-0.15, -0.1) is 0 Å². The Morgan fingerprint density at radius 3 is 2.27 bits per heavy atom. The number of aliphatic hydroxyl groups is 1. The van der Waals surface area contributed by atoms with E-state index in [1.165, 1.54) is 12.1 Å². The van der Waals surface area contributed by atoms with Crippen molar-refractivity contribution in [2.24, 2.45) is 5.73 Å². The molecule has 0 aliphatic rings. The molecule has 3 rings (SSSR count). The van der Waals surface area contributed by atoms with E-state index in [4.69, 9.17) is 15.2 Å². The smallest absolute Gasteiger partial charge is 0.316 e. The number of carbonyl (C=O) groups excluding carboxylic acids is 2. The highest BCUT2D eigenvalue weighted by molar-refractivity contribution is 5.89. The molecule has 0 bridgehead atoms. The fourth-order valence-corrected chi connectivity index (χ4v) is 4.32. The average molecular weight is 551 g/mol. The summed E-state index contributed by atoms with van der Waals surface area (Å²) in [5, 5.41) is 29.2. The average Bonchev–Trinajstić information content (AvgIpc) is 2.91. The zero-order valence-electron chi connectivity index (χ0n) is 23.3. The van der Waals surface area contributed by atoms with Gasteiger partial charge in [-0.1, -0.05) is 30.3 Å². The second-order valence-corrected chi connectivity index (χ2v) is 10.2. The minimum absolute atomic E-state index is 0.0986. The van der Waals surface area contributed by atoms with E-state index < -0.39 is 12.1 Å². The molecule has 3 amide bonds. The van der Waals surface area contributed by atoms with E-state index in [1.54, 1.807) is 26.4 Å². The van der Waals surface area contributed by atoms with Crippen LogP contribution >= 0.6 is 0 Å². The van der Waals surface area contributed by atoms with Gasteiger partial charge < -0.3 is 41.4 Å². The third-order valence-electron chi connectivity index (χ3n) is 6.34. The number of ether oxygens (including phenoxy) is 2. The molecule has 40 heavy (non-hydrogen) atoms. The lowest BCUT2D eigenvalue weighted by atomic mass is 9.93. The highest BCUT2D eigenvalue weighted by Crippen LogP contribution is 2.27. The molecule has 0 aliphatic heterocycles. The fourth-order valence-electron chi connectivity index (χ4n) is 4.32. The van der Waals surface area contributed by atoms with Crippen LogP contribution in [0.4, 0.5) is 10.5 Å². The van der Waals surface area contributed by atoms with Crippen LogP contribution in [0.15, 0.2) is 60.7 Å². The number of phenols is 1. The summed E-state index contributed by atoms with van der Waals surface area (Å²) >= 11 is 0. The molecule has 3 aromatic carbocycles. The predicted octanol–water partition coefficient (Wildman–Crippen LogP) is 3.40. The zero-order chi connectivity index (χ0) is 29.3. The topological polar surface area (TPSA) is 155 Å². The van der Waals surface area contributed by atoms with E-state index in [0.29, 0.717) is 30.0 Å². The van der Waals surface area contributed by atoms with Gasteiger partial charge in [0.1, 0.15) is 17.2 Å². The molecular weight excluding hydrogens is 512 g/mol. The first-order chi connectivity index (χ1) is 19.0. The molecular formula is C30H38N4O6. The van der Waals surface area contributed by atoms with Crippen LogP contribution < -0.4 is 31.2 Å². The molecule has 10 heteroatoms. The first-order valence-corrected chi connectivity index (χ1v) is 12.9. The van der Waals surface area contributed by atoms with Crippen molar-refractivity contribution >= 4 is 17.6 Å². The van der Waals surface area contributed by atoms with Gasteiger partial charge in [0.25, 0.3) is 0 Å². The molecule has 0 aromatic heterocycles. The van der Waals surface area contributed by atoms with Crippen molar-refractivity contribution in [1.82, 2.24) is 10.6 Å². The van der Waals surface area contributed by atoms with Gasteiger partial charge in [0.15, 0.2) is 0 Å². The predicted molar refractivity (Wildman–Crippen MR) is 154 cm³/mol. The van der Waals surface area contributed by atoms with Gasteiger partial charge in [-0.2, -0.15) is 0 Å². The molecule has 1 atom stereocenters. The summed E-state index contributed by atoms with van der Waals surface area (Å²) in [6.45, 7) is 4.65. The number of hydrogen-bond donors (Lipinski definition) is 6. The highest BCUT2D eigenvalue weighted by Gasteiger charge is 2.21. The maximum Gasteiger partial charge on any atom is 0.316 e. The van der Waals surface area contributed by atoms with Crippen LogP contribution in [-0.4, -0.2) is 48.5 Å². The third kappa shape index (κ3) is 9.18. The quantitative estimate of drug-likeness (QED) is 0.178. The molecule has 0 radical (unpaired) electrons. The first kappa shape index (κ1) is 30.3. The molecule has 0 saturated heterocycles. The summed E-state index contributed by atoms with van der Waals surface area (Å²) in [6, 6.07) is 17.0. The Bertz CT molecular complexity index is 1310. The second kappa shape index (κ2) is 13.7. The van der Waals surface area contributed by atoms with Crippen LogP contribution in [0.1, 0.15) is 42.2 Å². The molecule has 3 aromatic rings. The number of amides is 3. The Kier molecular flexibility index (Phi) is 10.4. The number of aromatic hydroxyl groups is 1. The fraction of sp³-hybridized carbons (Fsp3) is 0.333. The number of carbonyl (C=O) groups is 2.